The van der Waals surface area contributed by atoms with Crippen LogP contribution >= 0.6 is 0 Å². The first-order valence-electron chi connectivity index (χ1n) is 6.10. The fourth-order valence-electron chi connectivity index (χ4n) is 1.78. The lowest BCUT2D eigenvalue weighted by Crippen LogP contribution is -2.49. The number of nitrogens with one attached hydrogen (secondary N) is 1. The summed E-state index contributed by atoms with van der Waals surface area (Å²) in [5.74, 6) is 0. The Morgan fingerprint density at radius 1 is 1.50 bits per heavy atom. The summed E-state index contributed by atoms with van der Waals surface area (Å²) in [7, 11) is 0. The summed E-state index contributed by atoms with van der Waals surface area (Å²) < 4.78 is 4.94. The highest BCUT2D eigenvalue weighted by Gasteiger charge is 2.30. The minimum absolute atomic E-state index is 0.151. The number of cyclic esters (lactones) is 1. The number of rotatable bonds is 5. The first-order chi connectivity index (χ1) is 7.45. The third kappa shape index (κ3) is 3.67. The van der Waals surface area contributed by atoms with E-state index in [0.717, 1.165) is 26.1 Å². The molecule has 94 valence electrons. The zero-order valence-electron chi connectivity index (χ0n) is 10.9. The summed E-state index contributed by atoms with van der Waals surface area (Å²) in [6.45, 7) is 11.7. The molecule has 0 radical (unpaired) electrons. The van der Waals surface area contributed by atoms with Crippen molar-refractivity contribution in [1.82, 2.24) is 10.2 Å². The zero-order chi connectivity index (χ0) is 12.2. The molecule has 0 aromatic heterocycles. The number of carbonyl (C=O) groups excluding carboxylic acids is 1. The van der Waals surface area contributed by atoms with E-state index < -0.39 is 0 Å². The minimum Gasteiger partial charge on any atom is -0.448 e. The van der Waals surface area contributed by atoms with Gasteiger partial charge >= 0.3 is 6.09 Å². The third-order valence-corrected chi connectivity index (χ3v) is 2.93. The van der Waals surface area contributed by atoms with Gasteiger partial charge in [0.05, 0.1) is 6.54 Å². The Hall–Kier alpha value is -0.770. The van der Waals surface area contributed by atoms with Crippen LogP contribution in [0, 0.1) is 5.41 Å². The first-order valence-corrected chi connectivity index (χ1v) is 6.10. The number of carbonyl (C=O) groups is 1. The molecule has 1 amide bonds. The summed E-state index contributed by atoms with van der Waals surface area (Å²) in [5, 5.41) is 3.51. The number of amides is 1. The Labute approximate surface area is 98.3 Å². The van der Waals surface area contributed by atoms with E-state index in [0.29, 0.717) is 12.6 Å². The summed E-state index contributed by atoms with van der Waals surface area (Å²) in [5.41, 5.74) is 0.151. The second-order valence-corrected chi connectivity index (χ2v) is 5.43. The van der Waals surface area contributed by atoms with Crippen molar-refractivity contribution in [2.45, 2.75) is 40.2 Å². The van der Waals surface area contributed by atoms with Gasteiger partial charge in [0.1, 0.15) is 6.61 Å². The van der Waals surface area contributed by atoms with E-state index in [1.165, 1.54) is 0 Å². The molecule has 1 unspecified atom stereocenters. The summed E-state index contributed by atoms with van der Waals surface area (Å²) in [4.78, 5) is 13.2. The van der Waals surface area contributed by atoms with Crippen LogP contribution in [-0.2, 0) is 4.74 Å². The molecule has 4 nitrogen and oxygen atoms in total. The second-order valence-electron chi connectivity index (χ2n) is 5.43. The fraction of sp³-hybridized carbons (Fsp3) is 0.917. The molecule has 0 aromatic rings. The van der Waals surface area contributed by atoms with Crippen molar-refractivity contribution in [3.05, 3.63) is 0 Å². The summed E-state index contributed by atoms with van der Waals surface area (Å²) in [6.07, 6.45) is 0.935. The third-order valence-electron chi connectivity index (χ3n) is 2.93. The monoisotopic (exact) mass is 228 g/mol. The molecule has 1 fully saturated rings. The van der Waals surface area contributed by atoms with Gasteiger partial charge in [0.15, 0.2) is 0 Å². The van der Waals surface area contributed by atoms with Crippen LogP contribution in [0.25, 0.3) is 0 Å². The first kappa shape index (κ1) is 13.3. The molecule has 1 aliphatic rings. The molecule has 1 atom stereocenters. The Morgan fingerprint density at radius 2 is 2.19 bits per heavy atom. The smallest absolute Gasteiger partial charge is 0.409 e. The van der Waals surface area contributed by atoms with Crippen LogP contribution in [0.15, 0.2) is 0 Å². The Morgan fingerprint density at radius 3 is 2.62 bits per heavy atom. The molecular weight excluding hydrogens is 204 g/mol. The Balaban J connectivity index is 2.52. The minimum atomic E-state index is -0.174. The second kappa shape index (κ2) is 5.53. The van der Waals surface area contributed by atoms with Gasteiger partial charge in [-0.2, -0.15) is 0 Å². The molecule has 0 aliphatic carbocycles. The van der Waals surface area contributed by atoms with Crippen LogP contribution in [0.1, 0.15) is 34.1 Å². The number of nitrogens with zero attached hydrogens (tertiary/aromatic N) is 1. The van der Waals surface area contributed by atoms with Crippen molar-refractivity contribution in [3.63, 3.8) is 0 Å². The SMILES string of the molecule is CCCNC(CN1CCOC1=O)C(C)(C)C. The van der Waals surface area contributed by atoms with E-state index in [2.05, 4.69) is 33.0 Å². The van der Waals surface area contributed by atoms with Crippen LogP contribution < -0.4 is 5.32 Å². The fourth-order valence-corrected chi connectivity index (χ4v) is 1.78. The summed E-state index contributed by atoms with van der Waals surface area (Å²) >= 11 is 0. The largest absolute Gasteiger partial charge is 0.448 e. The average molecular weight is 228 g/mol. The van der Waals surface area contributed by atoms with Gasteiger partial charge in [-0.25, -0.2) is 4.79 Å². The maximum absolute atomic E-state index is 11.4. The van der Waals surface area contributed by atoms with E-state index in [9.17, 15) is 4.79 Å². The van der Waals surface area contributed by atoms with Gasteiger partial charge < -0.3 is 15.0 Å². The molecule has 0 saturated carbocycles. The van der Waals surface area contributed by atoms with Crippen molar-refractivity contribution < 1.29 is 9.53 Å². The molecule has 1 heterocycles. The standard InChI is InChI=1S/C12H24N2O2/c1-5-6-13-10(12(2,3)4)9-14-7-8-16-11(14)15/h10,13H,5-9H2,1-4H3. The number of hydrogen-bond acceptors (Lipinski definition) is 3. The van der Waals surface area contributed by atoms with E-state index in [4.69, 9.17) is 4.74 Å². The topological polar surface area (TPSA) is 41.6 Å². The van der Waals surface area contributed by atoms with Gasteiger partial charge in [0, 0.05) is 12.6 Å². The Bertz CT molecular complexity index is 236. The van der Waals surface area contributed by atoms with Crippen molar-refractivity contribution in [2.75, 3.05) is 26.2 Å². The number of hydrogen-bond donors (Lipinski definition) is 1. The highest BCUT2D eigenvalue weighted by molar-refractivity contribution is 5.69. The lowest BCUT2D eigenvalue weighted by molar-refractivity contribution is 0.146. The van der Waals surface area contributed by atoms with Gasteiger partial charge in [0.25, 0.3) is 0 Å². The number of ether oxygens (including phenoxy) is 1. The maximum Gasteiger partial charge on any atom is 0.409 e. The maximum atomic E-state index is 11.4. The van der Waals surface area contributed by atoms with Crippen LogP contribution in [0.3, 0.4) is 0 Å². The molecule has 4 heteroatoms. The predicted molar refractivity (Wildman–Crippen MR) is 64.5 cm³/mol. The molecule has 1 aliphatic heterocycles. The molecule has 0 spiro atoms. The zero-order valence-corrected chi connectivity index (χ0v) is 10.9. The molecular formula is C12H24N2O2. The molecule has 16 heavy (non-hydrogen) atoms. The van der Waals surface area contributed by atoms with Crippen LogP contribution in [0.2, 0.25) is 0 Å². The normalized spacial score (nSPS) is 18.8. The van der Waals surface area contributed by atoms with E-state index in [1.54, 1.807) is 4.90 Å². The van der Waals surface area contributed by atoms with Crippen molar-refractivity contribution in [1.29, 1.82) is 0 Å². The molecule has 0 aromatic carbocycles. The van der Waals surface area contributed by atoms with E-state index >= 15 is 0 Å². The molecule has 1 saturated heterocycles. The predicted octanol–water partition coefficient (Wildman–Crippen LogP) is 1.85. The molecule has 0 bridgehead atoms. The van der Waals surface area contributed by atoms with Crippen LogP contribution in [-0.4, -0.2) is 43.3 Å². The van der Waals surface area contributed by atoms with Gasteiger partial charge in [-0.1, -0.05) is 27.7 Å². The Kier molecular flexibility index (Phi) is 4.59. The summed E-state index contributed by atoms with van der Waals surface area (Å²) in [6, 6.07) is 0.318. The van der Waals surface area contributed by atoms with Gasteiger partial charge in [-0.05, 0) is 18.4 Å². The van der Waals surface area contributed by atoms with Crippen molar-refractivity contribution in [2.24, 2.45) is 5.41 Å². The van der Waals surface area contributed by atoms with E-state index in [-0.39, 0.29) is 11.5 Å². The van der Waals surface area contributed by atoms with Gasteiger partial charge in [-0.15, -0.1) is 0 Å². The van der Waals surface area contributed by atoms with E-state index in [1.807, 2.05) is 0 Å². The lowest BCUT2D eigenvalue weighted by atomic mass is 9.86. The lowest BCUT2D eigenvalue weighted by Gasteiger charge is -2.34. The van der Waals surface area contributed by atoms with Crippen LogP contribution in [0.5, 0.6) is 0 Å². The molecule has 1 rings (SSSR count). The van der Waals surface area contributed by atoms with Gasteiger partial charge in [0.2, 0.25) is 0 Å². The van der Waals surface area contributed by atoms with Crippen molar-refractivity contribution >= 4 is 6.09 Å². The molecule has 1 N–H and O–H groups in total. The quantitative estimate of drug-likeness (QED) is 0.781. The highest BCUT2D eigenvalue weighted by atomic mass is 16.6. The van der Waals surface area contributed by atoms with Crippen LogP contribution in [0.4, 0.5) is 4.79 Å². The highest BCUT2D eigenvalue weighted by Crippen LogP contribution is 2.21. The van der Waals surface area contributed by atoms with Gasteiger partial charge in [-0.3, -0.25) is 0 Å². The average Bonchev–Trinajstić information content (AvgIpc) is 2.57. The van der Waals surface area contributed by atoms with Crippen molar-refractivity contribution in [3.8, 4) is 0 Å².